The second-order valence-electron chi connectivity index (χ2n) is 5.74. The zero-order chi connectivity index (χ0) is 13.1. The number of rotatable bonds is 6. The van der Waals surface area contributed by atoms with Gasteiger partial charge in [0.05, 0.1) is 27.1 Å². The van der Waals surface area contributed by atoms with E-state index in [0.717, 1.165) is 19.3 Å². The minimum atomic E-state index is -1.18. The van der Waals surface area contributed by atoms with Gasteiger partial charge in [-0.25, -0.2) is 0 Å². The minimum absolute atomic E-state index is 0.0216. The maximum atomic E-state index is 11.7. The topological polar surface area (TPSA) is 66.4 Å². The third kappa shape index (κ3) is 5.17. The van der Waals surface area contributed by atoms with Crippen molar-refractivity contribution in [1.82, 2.24) is 0 Å². The Morgan fingerprint density at radius 1 is 1.35 bits per heavy atom. The summed E-state index contributed by atoms with van der Waals surface area (Å²) in [6.07, 6.45) is 1.96. The monoisotopic (exact) mass is 243 g/mol. The second kappa shape index (κ2) is 5.49. The van der Waals surface area contributed by atoms with E-state index in [9.17, 15) is 14.7 Å². The molecule has 0 aromatic rings. The van der Waals surface area contributed by atoms with Crippen LogP contribution in [0.15, 0.2) is 0 Å². The Kier molecular flexibility index (Phi) is 4.51. The van der Waals surface area contributed by atoms with Gasteiger partial charge in [-0.05, 0) is 12.8 Å². The lowest BCUT2D eigenvalue weighted by Gasteiger charge is -2.31. The SMILES string of the molecule is C[N+](C)(C)CC(CC(=O)[O-])OC(=O)C1CCC1. The fourth-order valence-corrected chi connectivity index (χ4v) is 1.84. The molecule has 0 N–H and O–H groups in total. The number of quaternary nitrogens is 1. The molecule has 5 heteroatoms. The van der Waals surface area contributed by atoms with Crippen LogP contribution in [0.1, 0.15) is 25.7 Å². The molecule has 1 aliphatic rings. The van der Waals surface area contributed by atoms with Crippen molar-refractivity contribution in [3.63, 3.8) is 0 Å². The largest absolute Gasteiger partial charge is 0.550 e. The molecule has 1 fully saturated rings. The number of esters is 1. The van der Waals surface area contributed by atoms with E-state index in [4.69, 9.17) is 4.74 Å². The molecular weight excluding hydrogens is 222 g/mol. The highest BCUT2D eigenvalue weighted by Gasteiger charge is 2.30. The Hall–Kier alpha value is -1.10. The van der Waals surface area contributed by atoms with Crippen molar-refractivity contribution < 1.29 is 23.9 Å². The number of hydrogen-bond donors (Lipinski definition) is 0. The van der Waals surface area contributed by atoms with Crippen LogP contribution in [0, 0.1) is 5.92 Å². The van der Waals surface area contributed by atoms with Crippen LogP contribution in [0.2, 0.25) is 0 Å². The molecule has 98 valence electrons. The van der Waals surface area contributed by atoms with Gasteiger partial charge in [0, 0.05) is 12.4 Å². The molecule has 0 aromatic carbocycles. The molecule has 1 atom stereocenters. The number of likely N-dealkylation sites (N-methyl/N-ethyl adjacent to an activating group) is 1. The van der Waals surface area contributed by atoms with Gasteiger partial charge in [0.15, 0.2) is 6.10 Å². The smallest absolute Gasteiger partial charge is 0.309 e. The highest BCUT2D eigenvalue weighted by atomic mass is 16.5. The normalized spacial score (nSPS) is 18.3. The van der Waals surface area contributed by atoms with Crippen molar-refractivity contribution in [2.24, 2.45) is 5.92 Å². The number of nitrogens with zero attached hydrogens (tertiary/aromatic N) is 1. The molecule has 0 heterocycles. The predicted octanol–water partition coefficient (Wildman–Crippen LogP) is -0.455. The van der Waals surface area contributed by atoms with Gasteiger partial charge in [-0.2, -0.15) is 0 Å². The number of aliphatic carboxylic acids is 1. The van der Waals surface area contributed by atoms with Crippen LogP contribution in [0.5, 0.6) is 0 Å². The Balaban J connectivity index is 2.49. The van der Waals surface area contributed by atoms with E-state index < -0.39 is 12.1 Å². The van der Waals surface area contributed by atoms with Gasteiger partial charge in [-0.1, -0.05) is 6.42 Å². The summed E-state index contributed by atoms with van der Waals surface area (Å²) in [5.41, 5.74) is 0. The highest BCUT2D eigenvalue weighted by molar-refractivity contribution is 5.74. The lowest BCUT2D eigenvalue weighted by Crippen LogP contribution is -2.46. The number of carboxylic acids is 1. The Bertz CT molecular complexity index is 291. The van der Waals surface area contributed by atoms with Crippen molar-refractivity contribution in [3.8, 4) is 0 Å². The van der Waals surface area contributed by atoms with Gasteiger partial charge in [0.2, 0.25) is 0 Å². The molecule has 0 bridgehead atoms. The summed E-state index contributed by atoms with van der Waals surface area (Å²) in [5, 5.41) is 10.6. The van der Waals surface area contributed by atoms with E-state index in [1.165, 1.54) is 0 Å². The lowest BCUT2D eigenvalue weighted by atomic mass is 9.85. The molecule has 0 aromatic heterocycles. The number of carbonyl (C=O) groups is 2. The summed E-state index contributed by atoms with van der Waals surface area (Å²) in [4.78, 5) is 22.3. The van der Waals surface area contributed by atoms with Gasteiger partial charge >= 0.3 is 5.97 Å². The standard InChI is InChI=1S/C12H21NO4/c1-13(2,3)8-10(7-11(14)15)17-12(16)9-5-4-6-9/h9-10H,4-8H2,1-3H3. The van der Waals surface area contributed by atoms with Crippen LogP contribution in [0.4, 0.5) is 0 Å². The number of hydrogen-bond acceptors (Lipinski definition) is 4. The minimum Gasteiger partial charge on any atom is -0.550 e. The average molecular weight is 243 g/mol. The van der Waals surface area contributed by atoms with E-state index in [2.05, 4.69) is 0 Å². The van der Waals surface area contributed by atoms with E-state index in [-0.39, 0.29) is 18.3 Å². The zero-order valence-corrected chi connectivity index (χ0v) is 10.8. The molecule has 0 spiro atoms. The van der Waals surface area contributed by atoms with E-state index >= 15 is 0 Å². The summed E-state index contributed by atoms with van der Waals surface area (Å²) in [5.74, 6) is -1.45. The molecule has 1 unspecified atom stereocenters. The first-order chi connectivity index (χ1) is 7.78. The van der Waals surface area contributed by atoms with Gasteiger partial charge in [-0.3, -0.25) is 4.79 Å². The molecule has 0 aliphatic heterocycles. The maximum Gasteiger partial charge on any atom is 0.309 e. The van der Waals surface area contributed by atoms with Crippen LogP contribution < -0.4 is 5.11 Å². The third-order valence-electron chi connectivity index (χ3n) is 2.87. The zero-order valence-electron chi connectivity index (χ0n) is 10.8. The molecule has 17 heavy (non-hydrogen) atoms. The molecule has 1 rings (SSSR count). The van der Waals surface area contributed by atoms with E-state index in [1.807, 2.05) is 21.1 Å². The van der Waals surface area contributed by atoms with Crippen LogP contribution in [0.25, 0.3) is 0 Å². The molecule has 0 amide bonds. The first kappa shape index (κ1) is 14.0. The van der Waals surface area contributed by atoms with Crippen molar-refractivity contribution in [1.29, 1.82) is 0 Å². The van der Waals surface area contributed by atoms with Gasteiger partial charge in [-0.15, -0.1) is 0 Å². The second-order valence-corrected chi connectivity index (χ2v) is 5.74. The summed E-state index contributed by atoms with van der Waals surface area (Å²) in [6, 6.07) is 0. The van der Waals surface area contributed by atoms with E-state index in [0.29, 0.717) is 11.0 Å². The molecule has 1 saturated carbocycles. The molecule has 0 radical (unpaired) electrons. The Morgan fingerprint density at radius 3 is 2.29 bits per heavy atom. The van der Waals surface area contributed by atoms with Crippen LogP contribution in [-0.4, -0.2) is 50.2 Å². The van der Waals surface area contributed by atoms with Crippen LogP contribution >= 0.6 is 0 Å². The van der Waals surface area contributed by atoms with Crippen molar-refractivity contribution >= 4 is 11.9 Å². The summed E-state index contributed by atoms with van der Waals surface area (Å²) >= 11 is 0. The highest BCUT2D eigenvalue weighted by Crippen LogP contribution is 2.28. The fraction of sp³-hybridized carbons (Fsp3) is 0.833. The Labute approximate surface area is 102 Å². The molecule has 0 saturated heterocycles. The first-order valence-corrected chi connectivity index (χ1v) is 5.99. The van der Waals surface area contributed by atoms with Crippen molar-refractivity contribution in [3.05, 3.63) is 0 Å². The predicted molar refractivity (Wildman–Crippen MR) is 59.7 cm³/mol. The van der Waals surface area contributed by atoms with Crippen LogP contribution in [0.3, 0.4) is 0 Å². The summed E-state index contributed by atoms with van der Waals surface area (Å²) in [6.45, 7) is 0.479. The fourth-order valence-electron chi connectivity index (χ4n) is 1.84. The number of carbonyl (C=O) groups excluding carboxylic acids is 2. The average Bonchev–Trinajstić information content (AvgIpc) is 1.93. The van der Waals surface area contributed by atoms with Crippen molar-refractivity contribution in [2.75, 3.05) is 27.7 Å². The molecule has 5 nitrogen and oxygen atoms in total. The quantitative estimate of drug-likeness (QED) is 0.468. The number of carboxylic acid groups (broad SMARTS) is 1. The third-order valence-corrected chi connectivity index (χ3v) is 2.87. The molecular formula is C12H21NO4. The van der Waals surface area contributed by atoms with Gasteiger partial charge in [0.1, 0.15) is 6.54 Å². The maximum absolute atomic E-state index is 11.7. The summed E-state index contributed by atoms with van der Waals surface area (Å²) < 4.78 is 5.82. The molecule has 1 aliphatic carbocycles. The Morgan fingerprint density at radius 2 is 1.94 bits per heavy atom. The van der Waals surface area contributed by atoms with Crippen molar-refractivity contribution in [2.45, 2.75) is 31.8 Å². The van der Waals surface area contributed by atoms with Crippen LogP contribution in [-0.2, 0) is 14.3 Å². The number of ether oxygens (including phenoxy) is 1. The summed E-state index contributed by atoms with van der Waals surface area (Å²) in [7, 11) is 5.79. The van der Waals surface area contributed by atoms with Gasteiger partial charge < -0.3 is 19.1 Å². The first-order valence-electron chi connectivity index (χ1n) is 5.99. The van der Waals surface area contributed by atoms with Gasteiger partial charge in [0.25, 0.3) is 0 Å². The van der Waals surface area contributed by atoms with E-state index in [1.54, 1.807) is 0 Å². The lowest BCUT2D eigenvalue weighted by molar-refractivity contribution is -0.873.